The van der Waals surface area contributed by atoms with E-state index < -0.39 is 5.60 Å². The zero-order valence-corrected chi connectivity index (χ0v) is 10.5. The number of hydrogen-bond donors (Lipinski definition) is 1. The van der Waals surface area contributed by atoms with Crippen LogP contribution in [0, 0.1) is 0 Å². The molecule has 0 atom stereocenters. The predicted octanol–water partition coefficient (Wildman–Crippen LogP) is 3.21. The molecule has 0 radical (unpaired) electrons. The van der Waals surface area contributed by atoms with Crippen molar-refractivity contribution in [3.63, 3.8) is 0 Å². The minimum atomic E-state index is -0.448. The highest BCUT2D eigenvalue weighted by molar-refractivity contribution is 5.67. The average molecular weight is 237 g/mol. The van der Waals surface area contributed by atoms with Crippen LogP contribution in [0.2, 0.25) is 0 Å². The largest absolute Gasteiger partial charge is 0.472 e. The van der Waals surface area contributed by atoms with Crippen molar-refractivity contribution in [1.82, 2.24) is 5.32 Å². The quantitative estimate of drug-likeness (QED) is 0.818. The van der Waals surface area contributed by atoms with Gasteiger partial charge in [-0.1, -0.05) is 12.2 Å². The zero-order valence-electron chi connectivity index (χ0n) is 10.5. The summed E-state index contributed by atoms with van der Waals surface area (Å²) in [5.74, 6) is 0. The number of ether oxygens (including phenoxy) is 1. The van der Waals surface area contributed by atoms with Crippen LogP contribution in [0.25, 0.3) is 6.08 Å². The molecule has 1 aromatic rings. The number of hydrogen-bond acceptors (Lipinski definition) is 3. The molecule has 0 aliphatic carbocycles. The fourth-order valence-corrected chi connectivity index (χ4v) is 1.16. The van der Waals surface area contributed by atoms with Gasteiger partial charge in [-0.15, -0.1) is 0 Å². The van der Waals surface area contributed by atoms with Crippen molar-refractivity contribution in [2.45, 2.75) is 32.8 Å². The van der Waals surface area contributed by atoms with Gasteiger partial charge in [-0.25, -0.2) is 4.79 Å². The first-order chi connectivity index (χ1) is 7.97. The maximum atomic E-state index is 11.3. The number of amides is 1. The molecule has 0 aliphatic rings. The molecule has 1 rings (SSSR count). The SMILES string of the molecule is CC(C)(C)OC(=O)NCCC=Cc1ccoc1. The van der Waals surface area contributed by atoms with Crippen molar-refractivity contribution in [2.75, 3.05) is 6.54 Å². The Morgan fingerprint density at radius 1 is 1.53 bits per heavy atom. The molecule has 1 amide bonds. The molecular weight excluding hydrogens is 218 g/mol. The maximum absolute atomic E-state index is 11.3. The van der Waals surface area contributed by atoms with E-state index in [9.17, 15) is 4.79 Å². The van der Waals surface area contributed by atoms with Crippen LogP contribution in [0.1, 0.15) is 32.8 Å². The van der Waals surface area contributed by atoms with Gasteiger partial charge in [0, 0.05) is 12.1 Å². The molecule has 0 saturated heterocycles. The third-order valence-electron chi connectivity index (χ3n) is 1.83. The molecule has 1 heterocycles. The number of rotatable bonds is 4. The standard InChI is InChI=1S/C13H19NO3/c1-13(2,3)17-12(15)14-8-5-4-6-11-7-9-16-10-11/h4,6-7,9-10H,5,8H2,1-3H3,(H,14,15). The van der Waals surface area contributed by atoms with Crippen LogP contribution in [0.4, 0.5) is 4.79 Å². The first-order valence-electron chi connectivity index (χ1n) is 5.63. The summed E-state index contributed by atoms with van der Waals surface area (Å²) in [6.45, 7) is 6.07. The topological polar surface area (TPSA) is 51.5 Å². The lowest BCUT2D eigenvalue weighted by atomic mass is 10.2. The van der Waals surface area contributed by atoms with Gasteiger partial charge in [0.1, 0.15) is 5.60 Å². The van der Waals surface area contributed by atoms with Crippen LogP contribution in [0.5, 0.6) is 0 Å². The smallest absolute Gasteiger partial charge is 0.407 e. The van der Waals surface area contributed by atoms with Gasteiger partial charge in [0.15, 0.2) is 0 Å². The van der Waals surface area contributed by atoms with E-state index in [4.69, 9.17) is 9.15 Å². The molecule has 0 aromatic carbocycles. The first-order valence-corrected chi connectivity index (χ1v) is 5.63. The third kappa shape index (κ3) is 6.45. The Morgan fingerprint density at radius 3 is 2.88 bits per heavy atom. The molecule has 4 nitrogen and oxygen atoms in total. The van der Waals surface area contributed by atoms with E-state index in [0.717, 1.165) is 12.0 Å². The first kappa shape index (κ1) is 13.4. The van der Waals surface area contributed by atoms with Crippen LogP contribution in [-0.2, 0) is 4.74 Å². The van der Waals surface area contributed by atoms with E-state index in [1.165, 1.54) is 0 Å². The zero-order chi connectivity index (χ0) is 12.7. The normalized spacial score (nSPS) is 11.7. The molecule has 0 spiro atoms. The van der Waals surface area contributed by atoms with E-state index in [1.807, 2.05) is 39.0 Å². The van der Waals surface area contributed by atoms with E-state index in [2.05, 4.69) is 5.32 Å². The van der Waals surface area contributed by atoms with E-state index in [-0.39, 0.29) is 6.09 Å². The summed E-state index contributed by atoms with van der Waals surface area (Å²) in [5.41, 5.74) is 0.568. The number of carbonyl (C=O) groups excluding carboxylic acids is 1. The lowest BCUT2D eigenvalue weighted by Gasteiger charge is -2.19. The molecule has 1 N–H and O–H groups in total. The summed E-state index contributed by atoms with van der Waals surface area (Å²) >= 11 is 0. The minimum Gasteiger partial charge on any atom is -0.472 e. The summed E-state index contributed by atoms with van der Waals surface area (Å²) in [6, 6.07) is 1.87. The molecule has 94 valence electrons. The van der Waals surface area contributed by atoms with Crippen LogP contribution in [-0.4, -0.2) is 18.2 Å². The molecule has 0 bridgehead atoms. The molecule has 0 fully saturated rings. The summed E-state index contributed by atoms with van der Waals surface area (Å²) in [5, 5.41) is 2.68. The summed E-state index contributed by atoms with van der Waals surface area (Å²) in [7, 11) is 0. The van der Waals surface area contributed by atoms with Crippen molar-refractivity contribution in [3.8, 4) is 0 Å². The van der Waals surface area contributed by atoms with Crippen LogP contribution in [0.15, 0.2) is 29.1 Å². The Hall–Kier alpha value is -1.71. The second-order valence-corrected chi connectivity index (χ2v) is 4.68. The van der Waals surface area contributed by atoms with Crippen molar-refractivity contribution < 1.29 is 13.9 Å². The van der Waals surface area contributed by atoms with Gasteiger partial charge in [0.25, 0.3) is 0 Å². The maximum Gasteiger partial charge on any atom is 0.407 e. The Morgan fingerprint density at radius 2 is 2.29 bits per heavy atom. The molecule has 4 heteroatoms. The van der Waals surface area contributed by atoms with Gasteiger partial charge in [-0.2, -0.15) is 0 Å². The summed E-state index contributed by atoms with van der Waals surface area (Å²) < 4.78 is 10.0. The number of nitrogens with one attached hydrogen (secondary N) is 1. The monoisotopic (exact) mass is 237 g/mol. The summed E-state index contributed by atoms with van der Waals surface area (Å²) in [6.07, 6.45) is 7.58. The molecule has 17 heavy (non-hydrogen) atoms. The van der Waals surface area contributed by atoms with E-state index in [0.29, 0.717) is 6.54 Å². The Labute approximate surface area is 102 Å². The fourth-order valence-electron chi connectivity index (χ4n) is 1.16. The molecule has 0 aliphatic heterocycles. The van der Waals surface area contributed by atoms with Gasteiger partial charge in [0.05, 0.1) is 12.5 Å². The van der Waals surface area contributed by atoms with Gasteiger partial charge in [-0.05, 0) is 33.3 Å². The third-order valence-corrected chi connectivity index (χ3v) is 1.83. The van der Waals surface area contributed by atoms with Crippen molar-refractivity contribution in [3.05, 3.63) is 30.2 Å². The highest BCUT2D eigenvalue weighted by atomic mass is 16.6. The highest BCUT2D eigenvalue weighted by Gasteiger charge is 2.14. The van der Waals surface area contributed by atoms with Crippen molar-refractivity contribution in [2.24, 2.45) is 0 Å². The van der Waals surface area contributed by atoms with Gasteiger partial charge in [-0.3, -0.25) is 0 Å². The van der Waals surface area contributed by atoms with Crippen LogP contribution < -0.4 is 5.32 Å². The van der Waals surface area contributed by atoms with Crippen LogP contribution in [0.3, 0.4) is 0 Å². The van der Waals surface area contributed by atoms with Crippen molar-refractivity contribution >= 4 is 12.2 Å². The summed E-state index contributed by atoms with van der Waals surface area (Å²) in [4.78, 5) is 11.3. The average Bonchev–Trinajstić information content (AvgIpc) is 2.67. The Bertz CT molecular complexity index is 361. The van der Waals surface area contributed by atoms with Crippen LogP contribution >= 0.6 is 0 Å². The fraction of sp³-hybridized carbons (Fsp3) is 0.462. The van der Waals surface area contributed by atoms with E-state index >= 15 is 0 Å². The number of alkyl carbamates (subject to hydrolysis) is 1. The molecular formula is C13H19NO3. The van der Waals surface area contributed by atoms with Crippen molar-refractivity contribution in [1.29, 1.82) is 0 Å². The van der Waals surface area contributed by atoms with Gasteiger partial charge < -0.3 is 14.5 Å². The number of furan rings is 1. The van der Waals surface area contributed by atoms with Gasteiger partial charge in [0.2, 0.25) is 0 Å². The molecule has 0 unspecified atom stereocenters. The number of carbonyl (C=O) groups is 1. The molecule has 1 aromatic heterocycles. The Kier molecular flexibility index (Phi) is 4.82. The highest BCUT2D eigenvalue weighted by Crippen LogP contribution is 2.06. The lowest BCUT2D eigenvalue weighted by Crippen LogP contribution is -2.32. The Balaban J connectivity index is 2.14. The second kappa shape index (κ2) is 6.13. The lowest BCUT2D eigenvalue weighted by molar-refractivity contribution is 0.0529. The molecule has 0 saturated carbocycles. The van der Waals surface area contributed by atoms with E-state index in [1.54, 1.807) is 12.5 Å². The van der Waals surface area contributed by atoms with Gasteiger partial charge >= 0.3 is 6.09 Å². The predicted molar refractivity (Wildman–Crippen MR) is 66.6 cm³/mol. The minimum absolute atomic E-state index is 0.380. The second-order valence-electron chi connectivity index (χ2n) is 4.68.